The zero-order valence-electron chi connectivity index (χ0n) is 12.9. The van der Waals surface area contributed by atoms with Gasteiger partial charge in [-0.2, -0.15) is 0 Å². The number of carbonyl (C=O) groups excluding carboxylic acids is 2. The van der Waals surface area contributed by atoms with Crippen LogP contribution in [0.5, 0.6) is 0 Å². The molecule has 1 saturated carbocycles. The van der Waals surface area contributed by atoms with Gasteiger partial charge in [-0.15, -0.1) is 0 Å². The number of rotatable bonds is 4. The Bertz CT molecular complexity index is 393. The summed E-state index contributed by atoms with van der Waals surface area (Å²) in [4.78, 5) is 23.4. The van der Waals surface area contributed by atoms with Gasteiger partial charge in [0.05, 0.1) is 7.11 Å². The molecule has 0 aromatic heterocycles. The lowest BCUT2D eigenvalue weighted by Crippen LogP contribution is -2.44. The van der Waals surface area contributed by atoms with E-state index in [-0.39, 0.29) is 25.2 Å². The van der Waals surface area contributed by atoms with Crippen molar-refractivity contribution < 1.29 is 27.8 Å². The minimum Gasteiger partial charge on any atom is -0.467 e. The Kier molecular flexibility index (Phi) is 5.53. The van der Waals surface area contributed by atoms with Gasteiger partial charge in [0.15, 0.2) is 0 Å². The van der Waals surface area contributed by atoms with Crippen LogP contribution in [0.2, 0.25) is 0 Å². The number of hydrogen-bond donors (Lipinski definition) is 1. The van der Waals surface area contributed by atoms with Crippen molar-refractivity contribution in [2.24, 2.45) is 5.92 Å². The summed E-state index contributed by atoms with van der Waals surface area (Å²) in [5.74, 6) is -3.66. The monoisotopic (exact) mass is 307 g/mol. The standard InChI is InChI=1S/C14H23F2NO4/c1-13(2,3)21-12(19)17-10(11(18)20-4)7-9-5-6-14(15,16)8-9/h9-10H,5-8H2,1-4H3,(H,17,19). The van der Waals surface area contributed by atoms with Crippen LogP contribution in [0.25, 0.3) is 0 Å². The zero-order chi connectivity index (χ0) is 16.3. The number of alkyl halides is 2. The first-order valence-electron chi connectivity index (χ1n) is 6.97. The molecule has 0 bridgehead atoms. The van der Waals surface area contributed by atoms with E-state index >= 15 is 0 Å². The van der Waals surface area contributed by atoms with E-state index in [0.717, 1.165) is 0 Å². The predicted molar refractivity (Wildman–Crippen MR) is 72.1 cm³/mol. The molecule has 0 heterocycles. The summed E-state index contributed by atoms with van der Waals surface area (Å²) in [5.41, 5.74) is -0.703. The van der Waals surface area contributed by atoms with Gasteiger partial charge in [0.2, 0.25) is 5.92 Å². The molecule has 0 spiro atoms. The molecule has 5 nitrogen and oxygen atoms in total. The maximum Gasteiger partial charge on any atom is 0.408 e. The molecule has 21 heavy (non-hydrogen) atoms. The van der Waals surface area contributed by atoms with Gasteiger partial charge < -0.3 is 14.8 Å². The Balaban J connectivity index is 2.61. The summed E-state index contributed by atoms with van der Waals surface area (Å²) in [6.45, 7) is 5.08. The zero-order valence-corrected chi connectivity index (χ0v) is 12.9. The van der Waals surface area contributed by atoms with Crippen LogP contribution < -0.4 is 5.32 Å². The van der Waals surface area contributed by atoms with Crippen molar-refractivity contribution in [2.45, 2.75) is 64.0 Å². The number of methoxy groups -OCH3 is 1. The molecule has 1 fully saturated rings. The molecular formula is C14H23F2NO4. The van der Waals surface area contributed by atoms with Crippen molar-refractivity contribution in [3.05, 3.63) is 0 Å². The van der Waals surface area contributed by atoms with E-state index in [4.69, 9.17) is 4.74 Å². The summed E-state index contributed by atoms with van der Waals surface area (Å²) in [7, 11) is 1.19. The lowest BCUT2D eigenvalue weighted by atomic mass is 9.98. The van der Waals surface area contributed by atoms with Gasteiger partial charge in [0.1, 0.15) is 11.6 Å². The number of ether oxygens (including phenoxy) is 2. The Morgan fingerprint density at radius 1 is 1.38 bits per heavy atom. The van der Waals surface area contributed by atoms with Crippen molar-refractivity contribution in [1.29, 1.82) is 0 Å². The second-order valence-electron chi connectivity index (χ2n) is 6.42. The fraction of sp³-hybridized carbons (Fsp3) is 0.857. The van der Waals surface area contributed by atoms with E-state index in [1.165, 1.54) is 7.11 Å². The van der Waals surface area contributed by atoms with E-state index in [9.17, 15) is 18.4 Å². The Morgan fingerprint density at radius 3 is 2.43 bits per heavy atom. The number of amides is 1. The number of nitrogens with one attached hydrogen (secondary N) is 1. The summed E-state index contributed by atoms with van der Waals surface area (Å²) in [5, 5.41) is 2.40. The second kappa shape index (κ2) is 6.58. The van der Waals surface area contributed by atoms with E-state index in [1.807, 2.05) is 0 Å². The average Bonchev–Trinajstić information content (AvgIpc) is 2.64. The van der Waals surface area contributed by atoms with Crippen LogP contribution in [-0.2, 0) is 14.3 Å². The lowest BCUT2D eigenvalue weighted by molar-refractivity contribution is -0.143. The van der Waals surface area contributed by atoms with Gasteiger partial charge in [0, 0.05) is 12.8 Å². The summed E-state index contributed by atoms with van der Waals surface area (Å²) in [6.07, 6.45) is -0.755. The number of hydrogen-bond acceptors (Lipinski definition) is 4. The maximum absolute atomic E-state index is 13.2. The summed E-state index contributed by atoms with van der Waals surface area (Å²) >= 11 is 0. The Labute approximate surface area is 123 Å². The Hall–Kier alpha value is -1.40. The van der Waals surface area contributed by atoms with Crippen molar-refractivity contribution >= 4 is 12.1 Å². The molecule has 1 amide bonds. The predicted octanol–water partition coefficient (Wildman–Crippen LogP) is 2.88. The highest BCUT2D eigenvalue weighted by molar-refractivity contribution is 5.81. The smallest absolute Gasteiger partial charge is 0.408 e. The van der Waals surface area contributed by atoms with Crippen molar-refractivity contribution in [3.63, 3.8) is 0 Å². The first-order chi connectivity index (χ1) is 9.52. The van der Waals surface area contributed by atoms with Crippen LogP contribution in [0.15, 0.2) is 0 Å². The topological polar surface area (TPSA) is 64.6 Å². The SMILES string of the molecule is COC(=O)C(CC1CCC(F)(F)C1)NC(=O)OC(C)(C)C. The molecule has 1 rings (SSSR count). The average molecular weight is 307 g/mol. The number of esters is 1. The molecule has 1 aliphatic rings. The molecule has 0 radical (unpaired) electrons. The summed E-state index contributed by atoms with van der Waals surface area (Å²) < 4.78 is 36.0. The highest BCUT2D eigenvalue weighted by atomic mass is 19.3. The molecule has 0 saturated heterocycles. The first-order valence-corrected chi connectivity index (χ1v) is 6.97. The van der Waals surface area contributed by atoms with Crippen LogP contribution in [-0.4, -0.2) is 36.7 Å². The molecule has 122 valence electrons. The molecule has 7 heteroatoms. The third-order valence-electron chi connectivity index (χ3n) is 3.25. The fourth-order valence-electron chi connectivity index (χ4n) is 2.38. The van der Waals surface area contributed by atoms with Gasteiger partial charge in [-0.1, -0.05) is 0 Å². The second-order valence-corrected chi connectivity index (χ2v) is 6.42. The van der Waals surface area contributed by atoms with E-state index in [1.54, 1.807) is 20.8 Å². The van der Waals surface area contributed by atoms with Gasteiger partial charge in [-0.05, 0) is 39.5 Å². The van der Waals surface area contributed by atoms with Crippen LogP contribution >= 0.6 is 0 Å². The van der Waals surface area contributed by atoms with Crippen LogP contribution in [0.1, 0.15) is 46.5 Å². The fourth-order valence-corrected chi connectivity index (χ4v) is 2.38. The van der Waals surface area contributed by atoms with Crippen molar-refractivity contribution in [3.8, 4) is 0 Å². The van der Waals surface area contributed by atoms with E-state index in [2.05, 4.69) is 10.1 Å². The minimum atomic E-state index is -2.68. The summed E-state index contributed by atoms with van der Waals surface area (Å²) in [6, 6.07) is -0.969. The highest BCUT2D eigenvalue weighted by Gasteiger charge is 2.41. The van der Waals surface area contributed by atoms with Gasteiger partial charge in [0.25, 0.3) is 0 Å². The molecule has 0 aromatic rings. The van der Waals surface area contributed by atoms with Crippen LogP contribution in [0, 0.1) is 5.92 Å². The third kappa shape index (κ3) is 6.27. The molecule has 1 N–H and O–H groups in total. The van der Waals surface area contributed by atoms with Gasteiger partial charge in [-0.3, -0.25) is 0 Å². The quantitative estimate of drug-likeness (QED) is 0.811. The third-order valence-corrected chi connectivity index (χ3v) is 3.25. The minimum absolute atomic E-state index is 0.126. The molecule has 1 aliphatic carbocycles. The molecule has 0 aliphatic heterocycles. The van der Waals surface area contributed by atoms with Gasteiger partial charge in [-0.25, -0.2) is 18.4 Å². The largest absolute Gasteiger partial charge is 0.467 e. The molecule has 2 unspecified atom stereocenters. The van der Waals surface area contributed by atoms with E-state index in [0.29, 0.717) is 6.42 Å². The number of alkyl carbamates (subject to hydrolysis) is 1. The van der Waals surface area contributed by atoms with Gasteiger partial charge >= 0.3 is 12.1 Å². The number of halogens is 2. The molecule has 0 aromatic carbocycles. The highest BCUT2D eigenvalue weighted by Crippen LogP contribution is 2.40. The molecule has 2 atom stereocenters. The lowest BCUT2D eigenvalue weighted by Gasteiger charge is -2.24. The maximum atomic E-state index is 13.2. The first kappa shape index (κ1) is 17.7. The van der Waals surface area contributed by atoms with E-state index < -0.39 is 29.6 Å². The van der Waals surface area contributed by atoms with Crippen LogP contribution in [0.4, 0.5) is 13.6 Å². The Morgan fingerprint density at radius 2 is 2.00 bits per heavy atom. The normalized spacial score (nSPS) is 22.5. The van der Waals surface area contributed by atoms with Crippen LogP contribution in [0.3, 0.4) is 0 Å². The molecular weight excluding hydrogens is 284 g/mol. The van der Waals surface area contributed by atoms with Crippen molar-refractivity contribution in [1.82, 2.24) is 5.32 Å². The number of carbonyl (C=O) groups is 2. The van der Waals surface area contributed by atoms with Crippen molar-refractivity contribution in [2.75, 3.05) is 7.11 Å².